The Hall–Kier alpha value is -1.79. The zero-order chi connectivity index (χ0) is 14.4. The summed E-state index contributed by atoms with van der Waals surface area (Å²) in [6, 6.07) is 7.16. The average molecular weight is 279 g/mol. The fraction of sp³-hybridized carbons (Fsp3) is 0.500. The largest absolute Gasteiger partial charge is 0.497 e. The van der Waals surface area contributed by atoms with E-state index in [-0.39, 0.29) is 12.5 Å². The van der Waals surface area contributed by atoms with Crippen molar-refractivity contribution in [3.8, 4) is 11.5 Å². The average Bonchev–Trinajstić information content (AvgIpc) is 2.48. The maximum absolute atomic E-state index is 11.8. The number of benzene rings is 1. The Morgan fingerprint density at radius 3 is 2.35 bits per heavy atom. The number of ether oxygens (including phenoxy) is 2. The topological polar surface area (TPSA) is 54.0 Å². The summed E-state index contributed by atoms with van der Waals surface area (Å²) in [5.74, 6) is 1.28. The number of carbonyl (C=O) groups excluding carboxylic acids is 1. The first-order chi connectivity index (χ1) is 9.67. The maximum Gasteiger partial charge on any atom is 0.272 e. The van der Waals surface area contributed by atoms with E-state index in [9.17, 15) is 4.79 Å². The van der Waals surface area contributed by atoms with Crippen LogP contribution < -0.4 is 14.9 Å². The molecule has 1 fully saturated rings. The first-order valence-corrected chi connectivity index (χ1v) is 6.67. The predicted molar refractivity (Wildman–Crippen MR) is 75.7 cm³/mol. The Kier molecular flexibility index (Phi) is 5.20. The Labute approximate surface area is 119 Å². The van der Waals surface area contributed by atoms with E-state index in [1.165, 1.54) is 0 Å². The lowest BCUT2D eigenvalue weighted by Crippen LogP contribution is -2.53. The lowest BCUT2D eigenvalue weighted by molar-refractivity contribution is -0.128. The Bertz CT molecular complexity index is 428. The van der Waals surface area contributed by atoms with Crippen LogP contribution in [-0.2, 0) is 4.79 Å². The molecular weight excluding hydrogens is 258 g/mol. The summed E-state index contributed by atoms with van der Waals surface area (Å²) in [4.78, 5) is 14.0. The van der Waals surface area contributed by atoms with Crippen LogP contribution in [0, 0.1) is 0 Å². The van der Waals surface area contributed by atoms with Crippen LogP contribution in [0.1, 0.15) is 0 Å². The zero-order valence-corrected chi connectivity index (χ0v) is 12.0. The minimum Gasteiger partial charge on any atom is -0.497 e. The summed E-state index contributed by atoms with van der Waals surface area (Å²) < 4.78 is 10.5. The normalized spacial score (nSPS) is 16.7. The summed E-state index contributed by atoms with van der Waals surface area (Å²) in [7, 11) is 3.69. The third kappa shape index (κ3) is 4.40. The van der Waals surface area contributed by atoms with Crippen molar-refractivity contribution in [3.63, 3.8) is 0 Å². The molecule has 1 aliphatic rings. The number of hydrogen-bond donors (Lipinski definition) is 1. The number of nitrogens with zero attached hydrogens (tertiary/aromatic N) is 2. The van der Waals surface area contributed by atoms with Gasteiger partial charge in [0.05, 0.1) is 7.11 Å². The van der Waals surface area contributed by atoms with Gasteiger partial charge in [0, 0.05) is 26.2 Å². The smallest absolute Gasteiger partial charge is 0.272 e. The zero-order valence-electron chi connectivity index (χ0n) is 12.0. The van der Waals surface area contributed by atoms with Gasteiger partial charge in [0.25, 0.3) is 5.91 Å². The molecule has 0 spiro atoms. The molecule has 0 aromatic heterocycles. The SMILES string of the molecule is COc1ccc(OCC(=O)NN2CCN(C)CC2)cc1. The molecule has 1 aromatic rings. The lowest BCUT2D eigenvalue weighted by Gasteiger charge is -2.32. The molecular formula is C14H21N3O3. The van der Waals surface area contributed by atoms with Crippen molar-refractivity contribution >= 4 is 5.91 Å². The standard InChI is InChI=1S/C14H21N3O3/c1-16-7-9-17(10-8-16)15-14(18)11-20-13-5-3-12(19-2)4-6-13/h3-6H,7-11H2,1-2H3,(H,15,18). The van der Waals surface area contributed by atoms with E-state index in [0.29, 0.717) is 5.75 Å². The molecule has 1 saturated heterocycles. The van der Waals surface area contributed by atoms with Crippen molar-refractivity contribution in [2.75, 3.05) is 46.9 Å². The van der Waals surface area contributed by atoms with Gasteiger partial charge in [0.2, 0.25) is 0 Å². The Morgan fingerprint density at radius 2 is 1.75 bits per heavy atom. The molecule has 0 radical (unpaired) electrons. The summed E-state index contributed by atoms with van der Waals surface area (Å²) in [5, 5.41) is 1.93. The van der Waals surface area contributed by atoms with E-state index in [1.807, 2.05) is 5.01 Å². The number of amides is 1. The second-order valence-electron chi connectivity index (χ2n) is 4.79. The molecule has 0 aliphatic carbocycles. The molecule has 1 N–H and O–H groups in total. The van der Waals surface area contributed by atoms with Gasteiger partial charge in [-0.05, 0) is 31.3 Å². The third-order valence-corrected chi connectivity index (χ3v) is 3.22. The van der Waals surface area contributed by atoms with Gasteiger partial charge in [0.15, 0.2) is 6.61 Å². The van der Waals surface area contributed by atoms with Crippen molar-refractivity contribution in [1.29, 1.82) is 0 Å². The molecule has 1 aliphatic heterocycles. The van der Waals surface area contributed by atoms with Crippen molar-refractivity contribution in [2.45, 2.75) is 0 Å². The number of hydrogen-bond acceptors (Lipinski definition) is 5. The number of piperazine rings is 1. The van der Waals surface area contributed by atoms with E-state index in [1.54, 1.807) is 31.4 Å². The Morgan fingerprint density at radius 1 is 1.15 bits per heavy atom. The van der Waals surface area contributed by atoms with Gasteiger partial charge in [-0.1, -0.05) is 0 Å². The molecule has 0 atom stereocenters. The lowest BCUT2D eigenvalue weighted by atomic mass is 10.3. The van der Waals surface area contributed by atoms with Gasteiger partial charge >= 0.3 is 0 Å². The van der Waals surface area contributed by atoms with Crippen molar-refractivity contribution in [2.24, 2.45) is 0 Å². The molecule has 1 heterocycles. The Balaban J connectivity index is 1.71. The molecule has 0 unspecified atom stereocenters. The van der Waals surface area contributed by atoms with E-state index in [4.69, 9.17) is 9.47 Å². The number of rotatable bonds is 5. The maximum atomic E-state index is 11.8. The third-order valence-electron chi connectivity index (χ3n) is 3.22. The number of nitrogens with one attached hydrogen (secondary N) is 1. The molecule has 6 nitrogen and oxygen atoms in total. The second kappa shape index (κ2) is 7.12. The van der Waals surface area contributed by atoms with Crippen LogP contribution >= 0.6 is 0 Å². The van der Waals surface area contributed by atoms with Gasteiger partial charge in [-0.25, -0.2) is 5.01 Å². The van der Waals surface area contributed by atoms with Gasteiger partial charge in [-0.3, -0.25) is 10.2 Å². The first-order valence-electron chi connectivity index (χ1n) is 6.67. The van der Waals surface area contributed by atoms with Gasteiger partial charge in [-0.15, -0.1) is 0 Å². The molecule has 110 valence electrons. The first kappa shape index (κ1) is 14.6. The van der Waals surface area contributed by atoms with E-state index < -0.39 is 0 Å². The number of methoxy groups -OCH3 is 1. The van der Waals surface area contributed by atoms with Gasteiger partial charge in [0.1, 0.15) is 11.5 Å². The highest BCUT2D eigenvalue weighted by Crippen LogP contribution is 2.16. The van der Waals surface area contributed by atoms with E-state index >= 15 is 0 Å². The van der Waals surface area contributed by atoms with Crippen LogP contribution in [0.3, 0.4) is 0 Å². The summed E-state index contributed by atoms with van der Waals surface area (Å²) in [6.07, 6.45) is 0. The summed E-state index contributed by atoms with van der Waals surface area (Å²) >= 11 is 0. The van der Waals surface area contributed by atoms with Crippen LogP contribution in [0.5, 0.6) is 11.5 Å². The molecule has 2 rings (SSSR count). The fourth-order valence-electron chi connectivity index (χ4n) is 1.95. The summed E-state index contributed by atoms with van der Waals surface area (Å²) in [5.41, 5.74) is 2.85. The second-order valence-corrected chi connectivity index (χ2v) is 4.79. The molecule has 0 bridgehead atoms. The van der Waals surface area contributed by atoms with Gasteiger partial charge < -0.3 is 14.4 Å². The summed E-state index contributed by atoms with van der Waals surface area (Å²) in [6.45, 7) is 3.60. The van der Waals surface area contributed by atoms with Crippen molar-refractivity contribution < 1.29 is 14.3 Å². The molecule has 6 heteroatoms. The molecule has 20 heavy (non-hydrogen) atoms. The monoisotopic (exact) mass is 279 g/mol. The number of carbonyl (C=O) groups is 1. The minimum atomic E-state index is -0.134. The molecule has 0 saturated carbocycles. The van der Waals surface area contributed by atoms with Crippen LogP contribution in [0.25, 0.3) is 0 Å². The van der Waals surface area contributed by atoms with Crippen LogP contribution in [0.4, 0.5) is 0 Å². The van der Waals surface area contributed by atoms with Crippen molar-refractivity contribution in [1.82, 2.24) is 15.3 Å². The van der Waals surface area contributed by atoms with E-state index in [0.717, 1.165) is 31.9 Å². The van der Waals surface area contributed by atoms with E-state index in [2.05, 4.69) is 17.4 Å². The number of likely N-dealkylation sites (N-methyl/N-ethyl adjacent to an activating group) is 1. The highest BCUT2D eigenvalue weighted by Gasteiger charge is 2.15. The molecule has 1 aromatic carbocycles. The quantitative estimate of drug-likeness (QED) is 0.843. The molecule has 1 amide bonds. The van der Waals surface area contributed by atoms with Crippen LogP contribution in [-0.4, -0.2) is 62.8 Å². The highest BCUT2D eigenvalue weighted by molar-refractivity contribution is 5.77. The minimum absolute atomic E-state index is 0.0126. The van der Waals surface area contributed by atoms with Crippen LogP contribution in [0.15, 0.2) is 24.3 Å². The van der Waals surface area contributed by atoms with Gasteiger partial charge in [-0.2, -0.15) is 0 Å². The predicted octanol–water partition coefficient (Wildman–Crippen LogP) is 0.353. The van der Waals surface area contributed by atoms with Crippen molar-refractivity contribution in [3.05, 3.63) is 24.3 Å². The van der Waals surface area contributed by atoms with Crippen LogP contribution in [0.2, 0.25) is 0 Å². The number of hydrazine groups is 1. The highest BCUT2D eigenvalue weighted by atomic mass is 16.5. The fourth-order valence-corrected chi connectivity index (χ4v) is 1.95.